The van der Waals surface area contributed by atoms with Crippen molar-refractivity contribution in [1.82, 2.24) is 0 Å². The molecule has 0 saturated carbocycles. The van der Waals surface area contributed by atoms with E-state index >= 15 is 0 Å². The van der Waals surface area contributed by atoms with Crippen LogP contribution in [-0.4, -0.2) is 20.0 Å². The largest absolute Gasteiger partial charge is 0.461 e. The molecule has 2 nitrogen and oxygen atoms in total. The highest BCUT2D eigenvalue weighted by Crippen LogP contribution is 2.13. The van der Waals surface area contributed by atoms with Gasteiger partial charge in [-0.15, -0.1) is 0 Å². The van der Waals surface area contributed by atoms with Crippen molar-refractivity contribution in [3.05, 3.63) is 12.7 Å². The monoisotopic (exact) mass is 226 g/mol. The normalized spacial score (nSPS) is 12.7. The third-order valence-electron chi connectivity index (χ3n) is 1.28. The highest BCUT2D eigenvalue weighted by Gasteiger charge is 2.17. The van der Waals surface area contributed by atoms with E-state index in [4.69, 9.17) is 26.9 Å². The van der Waals surface area contributed by atoms with Crippen LogP contribution in [0, 0.1) is 5.92 Å². The highest BCUT2D eigenvalue weighted by atomic mass is 35.7. The number of carbonyl (C=O) groups excluding carboxylic acids is 1. The Bertz CT molecular complexity index is 161. The minimum absolute atomic E-state index is 0.198. The van der Waals surface area contributed by atoms with Crippen LogP contribution in [0.2, 0.25) is 6.04 Å². The van der Waals surface area contributed by atoms with Crippen molar-refractivity contribution in [2.45, 2.75) is 13.0 Å². The van der Waals surface area contributed by atoms with Gasteiger partial charge in [0.2, 0.25) is 7.42 Å². The van der Waals surface area contributed by atoms with Gasteiger partial charge in [-0.1, -0.05) is 19.6 Å². The molecule has 0 radical (unpaired) electrons. The van der Waals surface area contributed by atoms with Gasteiger partial charge in [0.15, 0.2) is 0 Å². The topological polar surface area (TPSA) is 26.3 Å². The maximum absolute atomic E-state index is 11.1. The molecule has 5 heteroatoms. The average Bonchev–Trinajstić information content (AvgIpc) is 1.98. The quantitative estimate of drug-likeness (QED) is 0.311. The Labute approximate surface area is 83.5 Å². The van der Waals surface area contributed by atoms with Crippen LogP contribution in [0.15, 0.2) is 12.7 Å². The molecule has 0 N–H and O–H groups in total. The lowest BCUT2D eigenvalue weighted by Crippen LogP contribution is -2.17. The van der Waals surface area contributed by atoms with Crippen molar-refractivity contribution in [3.8, 4) is 0 Å². The Morgan fingerprint density at radius 3 is 2.75 bits per heavy atom. The first kappa shape index (κ1) is 12.0. The van der Waals surface area contributed by atoms with Gasteiger partial charge in [-0.25, -0.2) is 0 Å². The summed E-state index contributed by atoms with van der Waals surface area (Å²) in [5.74, 6) is -0.453. The molecule has 12 heavy (non-hydrogen) atoms. The van der Waals surface area contributed by atoms with Crippen molar-refractivity contribution >= 4 is 35.5 Å². The van der Waals surface area contributed by atoms with Crippen LogP contribution in [0.3, 0.4) is 0 Å². The third-order valence-corrected chi connectivity index (χ3v) is 3.41. The average molecular weight is 227 g/mol. The standard InChI is InChI=1S/C7H12Cl2O2Si/c1-3-4-11-7(10)6(2)5-12(8)9/h3,6,12H,1,4-5H2,2H3. The molecule has 0 aromatic rings. The fourth-order valence-electron chi connectivity index (χ4n) is 0.647. The zero-order chi connectivity index (χ0) is 9.56. The summed E-state index contributed by atoms with van der Waals surface area (Å²) in [6.07, 6.45) is 1.53. The van der Waals surface area contributed by atoms with Crippen LogP contribution in [0.4, 0.5) is 0 Å². The molecule has 0 saturated heterocycles. The summed E-state index contributed by atoms with van der Waals surface area (Å²) < 4.78 is 4.80. The van der Waals surface area contributed by atoms with Crippen LogP contribution in [0.25, 0.3) is 0 Å². The maximum Gasteiger partial charge on any atom is 0.308 e. The molecule has 0 aliphatic heterocycles. The summed E-state index contributed by atoms with van der Waals surface area (Å²) in [4.78, 5) is 11.1. The molecule has 0 aliphatic rings. The van der Waals surface area contributed by atoms with Gasteiger partial charge in [0, 0.05) is 0 Å². The molecule has 0 heterocycles. The van der Waals surface area contributed by atoms with Gasteiger partial charge in [0.25, 0.3) is 0 Å². The molecule has 0 aromatic carbocycles. The number of hydrogen-bond donors (Lipinski definition) is 0. The predicted octanol–water partition coefficient (Wildman–Crippen LogP) is 2.05. The molecule has 1 atom stereocenters. The molecule has 0 rings (SSSR count). The number of esters is 1. The van der Waals surface area contributed by atoms with E-state index in [1.807, 2.05) is 0 Å². The summed E-state index contributed by atoms with van der Waals surface area (Å²) in [7, 11) is -1.70. The lowest BCUT2D eigenvalue weighted by molar-refractivity contribution is -0.145. The third kappa shape index (κ3) is 5.63. The van der Waals surface area contributed by atoms with Gasteiger partial charge < -0.3 is 4.74 Å². The van der Waals surface area contributed by atoms with Crippen molar-refractivity contribution < 1.29 is 9.53 Å². The Morgan fingerprint density at radius 2 is 2.33 bits per heavy atom. The van der Waals surface area contributed by atoms with Gasteiger partial charge in [-0.3, -0.25) is 4.79 Å². The zero-order valence-corrected chi connectivity index (χ0v) is 9.59. The molecule has 0 bridgehead atoms. The number of halogens is 2. The minimum Gasteiger partial charge on any atom is -0.461 e. The Hall–Kier alpha value is 0.00688. The first-order valence-corrected chi connectivity index (χ1v) is 7.94. The van der Waals surface area contributed by atoms with E-state index in [0.717, 1.165) is 0 Å². The SMILES string of the molecule is C=CCOC(=O)C(C)C[SiH](Cl)Cl. The maximum atomic E-state index is 11.1. The van der Waals surface area contributed by atoms with Gasteiger partial charge in [0.1, 0.15) is 6.61 Å². The zero-order valence-electron chi connectivity index (χ0n) is 6.93. The Kier molecular flexibility index (Phi) is 6.52. The smallest absolute Gasteiger partial charge is 0.308 e. The van der Waals surface area contributed by atoms with Crippen molar-refractivity contribution in [1.29, 1.82) is 0 Å². The van der Waals surface area contributed by atoms with Crippen molar-refractivity contribution in [3.63, 3.8) is 0 Å². The van der Waals surface area contributed by atoms with Crippen LogP contribution in [-0.2, 0) is 9.53 Å². The minimum atomic E-state index is -1.70. The fraction of sp³-hybridized carbons (Fsp3) is 0.571. The highest BCUT2D eigenvalue weighted by molar-refractivity contribution is 7.33. The van der Waals surface area contributed by atoms with Gasteiger partial charge in [0.05, 0.1) is 5.92 Å². The summed E-state index contributed by atoms with van der Waals surface area (Å²) in [5, 5.41) is 0. The van der Waals surface area contributed by atoms with Crippen LogP contribution < -0.4 is 0 Å². The molecule has 0 amide bonds. The summed E-state index contributed by atoms with van der Waals surface area (Å²) in [6.45, 7) is 5.44. The molecule has 0 spiro atoms. The Balaban J connectivity index is 3.68. The van der Waals surface area contributed by atoms with Gasteiger partial charge in [-0.05, 0) is 6.04 Å². The van der Waals surface area contributed by atoms with E-state index in [1.54, 1.807) is 6.92 Å². The Morgan fingerprint density at radius 1 is 1.75 bits per heavy atom. The van der Waals surface area contributed by atoms with Gasteiger partial charge in [-0.2, -0.15) is 22.2 Å². The number of carbonyl (C=O) groups is 1. The molecule has 1 unspecified atom stereocenters. The van der Waals surface area contributed by atoms with E-state index in [2.05, 4.69) is 6.58 Å². The lowest BCUT2D eigenvalue weighted by Gasteiger charge is -2.09. The molecular weight excluding hydrogens is 215 g/mol. The summed E-state index contributed by atoms with van der Waals surface area (Å²) in [5.41, 5.74) is 0. The molecular formula is C7H12Cl2O2Si. The van der Waals surface area contributed by atoms with E-state index in [1.165, 1.54) is 6.08 Å². The van der Waals surface area contributed by atoms with Gasteiger partial charge >= 0.3 is 5.97 Å². The second-order valence-electron chi connectivity index (χ2n) is 2.45. The number of rotatable bonds is 5. The lowest BCUT2D eigenvalue weighted by atomic mass is 10.2. The van der Waals surface area contributed by atoms with Crippen molar-refractivity contribution in [2.24, 2.45) is 5.92 Å². The number of ether oxygens (including phenoxy) is 1. The molecule has 0 aliphatic carbocycles. The summed E-state index contributed by atoms with van der Waals surface area (Å²) >= 11 is 11.3. The fourth-order valence-corrected chi connectivity index (χ4v) is 2.98. The van der Waals surface area contributed by atoms with E-state index in [0.29, 0.717) is 6.04 Å². The van der Waals surface area contributed by atoms with E-state index < -0.39 is 7.42 Å². The van der Waals surface area contributed by atoms with Crippen LogP contribution >= 0.6 is 22.2 Å². The van der Waals surface area contributed by atoms with Crippen LogP contribution in [0.5, 0.6) is 0 Å². The number of hydrogen-bond acceptors (Lipinski definition) is 2. The first-order chi connectivity index (χ1) is 5.57. The second-order valence-corrected chi connectivity index (χ2v) is 7.53. The van der Waals surface area contributed by atoms with Crippen molar-refractivity contribution in [2.75, 3.05) is 6.61 Å². The predicted molar refractivity (Wildman–Crippen MR) is 54.0 cm³/mol. The molecule has 0 fully saturated rings. The summed E-state index contributed by atoms with van der Waals surface area (Å²) in [6, 6.07) is 0.555. The van der Waals surface area contributed by atoms with E-state index in [9.17, 15) is 4.79 Å². The molecule has 70 valence electrons. The molecule has 0 aromatic heterocycles. The van der Waals surface area contributed by atoms with E-state index in [-0.39, 0.29) is 18.5 Å². The first-order valence-electron chi connectivity index (χ1n) is 3.63. The van der Waals surface area contributed by atoms with Crippen LogP contribution in [0.1, 0.15) is 6.92 Å². The second kappa shape index (κ2) is 6.52.